The highest BCUT2D eigenvalue weighted by molar-refractivity contribution is 8.00. The molecule has 3 aromatic rings. The Labute approximate surface area is 163 Å². The first-order valence-electron chi connectivity index (χ1n) is 8.75. The number of rotatable bonds is 6. The number of nitrogens with zero attached hydrogens (tertiary/aromatic N) is 4. The van der Waals surface area contributed by atoms with Crippen LogP contribution in [0.2, 0.25) is 0 Å². The maximum atomic E-state index is 13.3. The smallest absolute Gasteiger partial charge is 0.263 e. The van der Waals surface area contributed by atoms with Crippen molar-refractivity contribution in [1.29, 1.82) is 0 Å². The monoisotopic (exact) mass is 408 g/mol. The largest absolute Gasteiger partial charge is 0.383 e. The highest BCUT2D eigenvalue weighted by Gasteiger charge is 2.23. The summed E-state index contributed by atoms with van der Waals surface area (Å²) in [6.45, 7) is 3.00. The fourth-order valence-electron chi connectivity index (χ4n) is 3.18. The van der Waals surface area contributed by atoms with Crippen LogP contribution in [0.5, 0.6) is 0 Å². The van der Waals surface area contributed by atoms with Crippen LogP contribution in [-0.4, -0.2) is 32.6 Å². The second kappa shape index (κ2) is 7.75. The van der Waals surface area contributed by atoms with E-state index in [1.54, 1.807) is 23.0 Å². The summed E-state index contributed by atoms with van der Waals surface area (Å²) in [5, 5.41) is 1.49. The highest BCUT2D eigenvalue weighted by atomic mass is 32.2. The summed E-state index contributed by atoms with van der Waals surface area (Å²) in [6.07, 6.45) is 5.20. The standard InChI is InChI=1S/C17H20N4O2S3/c1-3-12-18-17(26-20-12)25-16-19-14-13(15(22)21(16)8-9-23-2)10-6-4-5-7-11(10)24-14/h3-9H2,1-2H3. The van der Waals surface area contributed by atoms with Crippen LogP contribution >= 0.6 is 34.6 Å². The predicted molar refractivity (Wildman–Crippen MR) is 106 cm³/mol. The van der Waals surface area contributed by atoms with Gasteiger partial charge in [-0.25, -0.2) is 9.97 Å². The maximum absolute atomic E-state index is 13.3. The zero-order valence-electron chi connectivity index (χ0n) is 14.8. The van der Waals surface area contributed by atoms with Gasteiger partial charge in [0.1, 0.15) is 10.7 Å². The maximum Gasteiger partial charge on any atom is 0.263 e. The minimum absolute atomic E-state index is 0.0502. The van der Waals surface area contributed by atoms with E-state index in [1.165, 1.54) is 40.2 Å². The summed E-state index contributed by atoms with van der Waals surface area (Å²) in [7, 11) is 1.65. The molecule has 0 aliphatic heterocycles. The minimum Gasteiger partial charge on any atom is -0.383 e. The first-order valence-corrected chi connectivity index (χ1v) is 11.2. The third kappa shape index (κ3) is 3.33. The first-order chi connectivity index (χ1) is 12.7. The summed E-state index contributed by atoms with van der Waals surface area (Å²) in [5.74, 6) is 0.830. The predicted octanol–water partition coefficient (Wildman–Crippen LogP) is 3.55. The van der Waals surface area contributed by atoms with Crippen LogP contribution < -0.4 is 5.56 Å². The highest BCUT2D eigenvalue weighted by Crippen LogP contribution is 2.36. The van der Waals surface area contributed by atoms with E-state index in [2.05, 4.69) is 9.36 Å². The van der Waals surface area contributed by atoms with Gasteiger partial charge in [0.2, 0.25) is 0 Å². The molecule has 3 heterocycles. The average molecular weight is 409 g/mol. The van der Waals surface area contributed by atoms with Gasteiger partial charge in [-0.3, -0.25) is 9.36 Å². The van der Waals surface area contributed by atoms with Gasteiger partial charge in [0.25, 0.3) is 5.56 Å². The van der Waals surface area contributed by atoms with Crippen LogP contribution in [-0.2, 0) is 30.5 Å². The van der Waals surface area contributed by atoms with E-state index in [0.717, 1.165) is 46.1 Å². The minimum atomic E-state index is 0.0502. The van der Waals surface area contributed by atoms with Gasteiger partial charge in [0, 0.05) is 18.4 Å². The Kier molecular flexibility index (Phi) is 5.40. The Morgan fingerprint density at radius 2 is 2.12 bits per heavy atom. The molecule has 0 unspecified atom stereocenters. The molecule has 26 heavy (non-hydrogen) atoms. The van der Waals surface area contributed by atoms with Gasteiger partial charge in [0.05, 0.1) is 18.5 Å². The van der Waals surface area contributed by atoms with E-state index in [1.807, 2.05) is 6.92 Å². The molecule has 1 aliphatic carbocycles. The van der Waals surface area contributed by atoms with Crippen LogP contribution in [0.1, 0.15) is 36.0 Å². The lowest BCUT2D eigenvalue weighted by Crippen LogP contribution is -2.25. The second-order valence-corrected chi connectivity index (χ2v) is 9.22. The van der Waals surface area contributed by atoms with E-state index in [-0.39, 0.29) is 5.56 Å². The molecule has 0 spiro atoms. The Morgan fingerprint density at radius 3 is 2.88 bits per heavy atom. The molecule has 0 saturated carbocycles. The van der Waals surface area contributed by atoms with Crippen molar-refractivity contribution >= 4 is 44.8 Å². The quantitative estimate of drug-likeness (QED) is 0.581. The van der Waals surface area contributed by atoms with Gasteiger partial charge >= 0.3 is 0 Å². The van der Waals surface area contributed by atoms with Crippen molar-refractivity contribution in [3.63, 3.8) is 0 Å². The number of hydrogen-bond donors (Lipinski definition) is 0. The van der Waals surface area contributed by atoms with Crippen LogP contribution in [0.25, 0.3) is 10.2 Å². The van der Waals surface area contributed by atoms with Crippen LogP contribution in [0, 0.1) is 0 Å². The number of thiophene rings is 1. The van der Waals surface area contributed by atoms with Crippen molar-refractivity contribution in [2.24, 2.45) is 0 Å². The fraction of sp³-hybridized carbons (Fsp3) is 0.529. The number of aromatic nitrogens is 4. The van der Waals surface area contributed by atoms with Crippen molar-refractivity contribution in [3.8, 4) is 0 Å². The van der Waals surface area contributed by atoms with Gasteiger partial charge in [-0.15, -0.1) is 11.3 Å². The van der Waals surface area contributed by atoms with E-state index in [0.29, 0.717) is 18.3 Å². The molecule has 0 amide bonds. The van der Waals surface area contributed by atoms with Gasteiger partial charge in [-0.05, 0) is 54.5 Å². The zero-order valence-corrected chi connectivity index (χ0v) is 17.2. The Balaban J connectivity index is 1.83. The van der Waals surface area contributed by atoms with E-state index >= 15 is 0 Å². The Bertz CT molecular complexity index is 992. The molecule has 0 bridgehead atoms. The summed E-state index contributed by atoms with van der Waals surface area (Å²) < 4.78 is 12.1. The normalized spacial score (nSPS) is 14.1. The SMILES string of the molecule is CCc1nsc(Sc2nc3sc4c(c3c(=O)n2CCOC)CCCC4)n1. The number of methoxy groups -OCH3 is 1. The lowest BCUT2D eigenvalue weighted by Gasteiger charge is -2.12. The van der Waals surface area contributed by atoms with Gasteiger partial charge in [0.15, 0.2) is 9.50 Å². The molecular weight excluding hydrogens is 388 g/mol. The zero-order chi connectivity index (χ0) is 18.1. The number of hydrogen-bond acceptors (Lipinski definition) is 8. The number of aryl methyl sites for hydroxylation is 3. The third-order valence-corrected chi connectivity index (χ3v) is 7.47. The molecule has 0 atom stereocenters. The molecule has 0 fully saturated rings. The molecule has 9 heteroatoms. The van der Waals surface area contributed by atoms with E-state index in [9.17, 15) is 4.79 Å². The van der Waals surface area contributed by atoms with Crippen molar-refractivity contribution in [1.82, 2.24) is 18.9 Å². The van der Waals surface area contributed by atoms with E-state index in [4.69, 9.17) is 9.72 Å². The van der Waals surface area contributed by atoms with Crippen molar-refractivity contribution in [3.05, 3.63) is 26.6 Å². The van der Waals surface area contributed by atoms with Crippen molar-refractivity contribution in [2.75, 3.05) is 13.7 Å². The lowest BCUT2D eigenvalue weighted by atomic mass is 9.97. The summed E-state index contributed by atoms with van der Waals surface area (Å²) >= 11 is 4.46. The summed E-state index contributed by atoms with van der Waals surface area (Å²) in [6, 6.07) is 0. The molecule has 0 radical (unpaired) electrons. The van der Waals surface area contributed by atoms with Crippen LogP contribution in [0.15, 0.2) is 14.3 Å². The topological polar surface area (TPSA) is 69.9 Å². The van der Waals surface area contributed by atoms with Crippen LogP contribution in [0.3, 0.4) is 0 Å². The van der Waals surface area contributed by atoms with E-state index < -0.39 is 0 Å². The van der Waals surface area contributed by atoms with Crippen molar-refractivity contribution in [2.45, 2.75) is 55.1 Å². The molecule has 1 aliphatic rings. The number of ether oxygens (including phenoxy) is 1. The number of fused-ring (bicyclic) bond motifs is 3. The Hall–Kier alpha value is -1.29. The third-order valence-electron chi connectivity index (χ3n) is 4.50. The Morgan fingerprint density at radius 1 is 1.27 bits per heavy atom. The first kappa shape index (κ1) is 18.1. The molecule has 0 N–H and O–H groups in total. The second-order valence-electron chi connectivity index (χ2n) is 6.17. The molecule has 3 aromatic heterocycles. The lowest BCUT2D eigenvalue weighted by molar-refractivity contribution is 0.183. The summed E-state index contributed by atoms with van der Waals surface area (Å²) in [5.41, 5.74) is 1.27. The van der Waals surface area contributed by atoms with Crippen LogP contribution in [0.4, 0.5) is 0 Å². The molecular formula is C17H20N4O2S3. The molecule has 138 valence electrons. The average Bonchev–Trinajstić information content (AvgIpc) is 3.25. The van der Waals surface area contributed by atoms with Gasteiger partial charge in [-0.1, -0.05) is 6.92 Å². The van der Waals surface area contributed by atoms with Crippen molar-refractivity contribution < 1.29 is 4.74 Å². The molecule has 6 nitrogen and oxygen atoms in total. The molecule has 0 saturated heterocycles. The molecule has 4 rings (SSSR count). The summed E-state index contributed by atoms with van der Waals surface area (Å²) in [4.78, 5) is 24.8. The van der Waals surface area contributed by atoms with Gasteiger partial charge in [-0.2, -0.15) is 4.37 Å². The molecule has 0 aromatic carbocycles. The fourth-order valence-corrected chi connectivity index (χ4v) is 6.20. The van der Waals surface area contributed by atoms with Gasteiger partial charge < -0.3 is 4.74 Å².